The van der Waals surface area contributed by atoms with Crippen LogP contribution in [0.2, 0.25) is 0 Å². The summed E-state index contributed by atoms with van der Waals surface area (Å²) in [5, 5.41) is 2.86. The van der Waals surface area contributed by atoms with Gasteiger partial charge >= 0.3 is 0 Å². The number of hydrogen-bond donors (Lipinski definition) is 1. The van der Waals surface area contributed by atoms with Gasteiger partial charge in [0, 0.05) is 18.0 Å². The standard InChI is InChI=1S/C21H23NO3/c1-14(17-10-6-7-11-18(17)25-2)20(23)19-16(13-22-21(19)24)12-15-8-4-3-5-9-15/h3-11,14,16,19H,12-13H2,1-2H3,(H,22,24)/t14-,16+,19?/m0/s1. The molecule has 0 aliphatic carbocycles. The number of Topliss-reactive ketones (excluding diaryl/α,β-unsaturated/α-hetero) is 1. The third kappa shape index (κ3) is 3.58. The summed E-state index contributed by atoms with van der Waals surface area (Å²) < 4.78 is 5.38. The van der Waals surface area contributed by atoms with E-state index in [2.05, 4.69) is 5.32 Å². The van der Waals surface area contributed by atoms with Gasteiger partial charge < -0.3 is 10.1 Å². The predicted octanol–water partition coefficient (Wildman–Crippen LogP) is 2.97. The van der Waals surface area contributed by atoms with Crippen LogP contribution in [0.4, 0.5) is 0 Å². The number of nitrogens with one attached hydrogen (secondary N) is 1. The van der Waals surface area contributed by atoms with Crippen molar-refractivity contribution in [2.45, 2.75) is 19.3 Å². The van der Waals surface area contributed by atoms with Crippen LogP contribution in [-0.4, -0.2) is 25.3 Å². The lowest BCUT2D eigenvalue weighted by atomic mass is 9.80. The highest BCUT2D eigenvalue weighted by molar-refractivity contribution is 6.05. The van der Waals surface area contributed by atoms with Crippen LogP contribution in [-0.2, 0) is 16.0 Å². The van der Waals surface area contributed by atoms with Crippen LogP contribution in [0.15, 0.2) is 54.6 Å². The fourth-order valence-electron chi connectivity index (χ4n) is 3.59. The minimum Gasteiger partial charge on any atom is -0.496 e. The molecule has 0 aromatic heterocycles. The lowest BCUT2D eigenvalue weighted by Crippen LogP contribution is -2.31. The van der Waals surface area contributed by atoms with Gasteiger partial charge in [0.05, 0.1) is 7.11 Å². The maximum atomic E-state index is 13.1. The van der Waals surface area contributed by atoms with E-state index in [-0.39, 0.29) is 23.5 Å². The van der Waals surface area contributed by atoms with Gasteiger partial charge in [0.15, 0.2) is 5.78 Å². The Balaban J connectivity index is 1.82. The maximum absolute atomic E-state index is 13.1. The number of carbonyl (C=O) groups is 2. The summed E-state index contributed by atoms with van der Waals surface area (Å²) in [5.41, 5.74) is 1.97. The Hall–Kier alpha value is -2.62. The first-order valence-electron chi connectivity index (χ1n) is 8.60. The number of methoxy groups -OCH3 is 1. The molecule has 4 heteroatoms. The van der Waals surface area contributed by atoms with Crippen molar-refractivity contribution in [3.05, 3.63) is 65.7 Å². The average molecular weight is 337 g/mol. The number of ether oxygens (including phenoxy) is 1. The average Bonchev–Trinajstić information content (AvgIpc) is 3.01. The van der Waals surface area contributed by atoms with E-state index >= 15 is 0 Å². The molecule has 2 aromatic carbocycles. The highest BCUT2D eigenvalue weighted by Crippen LogP contribution is 2.33. The Kier molecular flexibility index (Phi) is 5.17. The molecule has 1 aliphatic rings. The molecule has 3 rings (SSSR count). The van der Waals surface area contributed by atoms with Crippen molar-refractivity contribution in [2.75, 3.05) is 13.7 Å². The molecule has 1 fully saturated rings. The molecule has 3 atom stereocenters. The van der Waals surface area contributed by atoms with Gasteiger partial charge in [-0.1, -0.05) is 55.5 Å². The molecule has 1 aliphatic heterocycles. The van der Waals surface area contributed by atoms with E-state index in [1.165, 1.54) is 0 Å². The molecule has 130 valence electrons. The van der Waals surface area contributed by atoms with Crippen molar-refractivity contribution >= 4 is 11.7 Å². The molecule has 25 heavy (non-hydrogen) atoms. The Morgan fingerprint density at radius 2 is 1.84 bits per heavy atom. The van der Waals surface area contributed by atoms with E-state index in [1.54, 1.807) is 7.11 Å². The van der Waals surface area contributed by atoms with E-state index in [0.29, 0.717) is 18.7 Å². The van der Waals surface area contributed by atoms with Crippen LogP contribution < -0.4 is 10.1 Å². The number of hydrogen-bond acceptors (Lipinski definition) is 3. The summed E-state index contributed by atoms with van der Waals surface area (Å²) in [6.07, 6.45) is 0.717. The number of benzene rings is 2. The van der Waals surface area contributed by atoms with Gasteiger partial charge in [0.25, 0.3) is 0 Å². The van der Waals surface area contributed by atoms with E-state index in [1.807, 2.05) is 61.5 Å². The first-order valence-corrected chi connectivity index (χ1v) is 8.60. The minimum atomic E-state index is -0.611. The molecule has 1 N–H and O–H groups in total. The molecule has 4 nitrogen and oxygen atoms in total. The van der Waals surface area contributed by atoms with Crippen molar-refractivity contribution in [2.24, 2.45) is 11.8 Å². The van der Waals surface area contributed by atoms with Crippen LogP contribution in [0.1, 0.15) is 24.0 Å². The van der Waals surface area contributed by atoms with Gasteiger partial charge in [0.1, 0.15) is 11.7 Å². The first kappa shape index (κ1) is 17.2. The van der Waals surface area contributed by atoms with Gasteiger partial charge in [-0.2, -0.15) is 0 Å². The second kappa shape index (κ2) is 7.51. The summed E-state index contributed by atoms with van der Waals surface area (Å²) in [6, 6.07) is 17.5. The van der Waals surface area contributed by atoms with E-state index in [4.69, 9.17) is 4.74 Å². The van der Waals surface area contributed by atoms with Gasteiger partial charge in [-0.15, -0.1) is 0 Å². The van der Waals surface area contributed by atoms with Crippen LogP contribution in [0.5, 0.6) is 5.75 Å². The number of amides is 1. The Morgan fingerprint density at radius 3 is 2.56 bits per heavy atom. The topological polar surface area (TPSA) is 55.4 Å². The molecule has 1 amide bonds. The molecule has 0 saturated carbocycles. The largest absolute Gasteiger partial charge is 0.496 e. The van der Waals surface area contributed by atoms with E-state index < -0.39 is 5.92 Å². The predicted molar refractivity (Wildman–Crippen MR) is 96.6 cm³/mol. The quantitative estimate of drug-likeness (QED) is 0.825. The molecule has 0 bridgehead atoms. The molecule has 0 radical (unpaired) electrons. The number of rotatable bonds is 6. The zero-order chi connectivity index (χ0) is 17.8. The zero-order valence-electron chi connectivity index (χ0n) is 14.6. The van der Waals surface area contributed by atoms with Gasteiger partial charge in [-0.3, -0.25) is 9.59 Å². The summed E-state index contributed by atoms with van der Waals surface area (Å²) in [7, 11) is 1.59. The second-order valence-corrected chi connectivity index (χ2v) is 6.54. The van der Waals surface area contributed by atoms with E-state index in [9.17, 15) is 9.59 Å². The third-order valence-electron chi connectivity index (χ3n) is 4.97. The fraction of sp³-hybridized carbons (Fsp3) is 0.333. The highest BCUT2D eigenvalue weighted by atomic mass is 16.5. The second-order valence-electron chi connectivity index (χ2n) is 6.54. The van der Waals surface area contributed by atoms with Crippen molar-refractivity contribution in [3.8, 4) is 5.75 Å². The molecule has 2 aromatic rings. The first-order chi connectivity index (χ1) is 12.1. The normalized spacial score (nSPS) is 20.8. The van der Waals surface area contributed by atoms with Gasteiger partial charge in [-0.05, 0) is 24.0 Å². The lowest BCUT2D eigenvalue weighted by Gasteiger charge is -2.21. The van der Waals surface area contributed by atoms with Crippen LogP contribution in [0.25, 0.3) is 0 Å². The fourth-order valence-corrected chi connectivity index (χ4v) is 3.59. The molecule has 1 heterocycles. The molecule has 1 unspecified atom stereocenters. The van der Waals surface area contributed by atoms with Crippen molar-refractivity contribution < 1.29 is 14.3 Å². The van der Waals surface area contributed by atoms with Crippen molar-refractivity contribution in [1.29, 1.82) is 0 Å². The summed E-state index contributed by atoms with van der Waals surface area (Å²) >= 11 is 0. The van der Waals surface area contributed by atoms with Crippen LogP contribution in [0.3, 0.4) is 0 Å². The number of para-hydroxylation sites is 1. The SMILES string of the molecule is COc1ccccc1[C@H](C)C(=O)C1C(=O)NC[C@H]1Cc1ccccc1. The number of carbonyl (C=O) groups excluding carboxylic acids is 2. The summed E-state index contributed by atoms with van der Waals surface area (Å²) in [5.74, 6) is -0.530. The van der Waals surface area contributed by atoms with Crippen LogP contribution >= 0.6 is 0 Å². The Bertz CT molecular complexity index is 757. The summed E-state index contributed by atoms with van der Waals surface area (Å²) in [4.78, 5) is 25.5. The van der Waals surface area contributed by atoms with E-state index in [0.717, 1.165) is 11.1 Å². The highest BCUT2D eigenvalue weighted by Gasteiger charge is 2.42. The third-order valence-corrected chi connectivity index (χ3v) is 4.97. The van der Waals surface area contributed by atoms with Gasteiger partial charge in [-0.25, -0.2) is 0 Å². The molecular formula is C21H23NO3. The zero-order valence-corrected chi connectivity index (χ0v) is 14.6. The summed E-state index contributed by atoms with van der Waals surface area (Å²) in [6.45, 7) is 2.40. The van der Waals surface area contributed by atoms with Gasteiger partial charge in [0.2, 0.25) is 5.91 Å². The number of ketones is 1. The molecular weight excluding hydrogens is 314 g/mol. The molecule has 1 saturated heterocycles. The Morgan fingerprint density at radius 1 is 1.16 bits per heavy atom. The van der Waals surface area contributed by atoms with Crippen molar-refractivity contribution in [1.82, 2.24) is 5.32 Å². The smallest absolute Gasteiger partial charge is 0.230 e. The maximum Gasteiger partial charge on any atom is 0.230 e. The lowest BCUT2D eigenvalue weighted by molar-refractivity contribution is -0.133. The van der Waals surface area contributed by atoms with Crippen molar-refractivity contribution in [3.63, 3.8) is 0 Å². The molecule has 0 spiro atoms. The minimum absolute atomic E-state index is 0.0143. The van der Waals surface area contributed by atoms with Crippen LogP contribution in [0, 0.1) is 11.8 Å². The monoisotopic (exact) mass is 337 g/mol. The Labute approximate surface area is 148 Å².